The molecule has 0 aliphatic carbocycles. The number of nitrogens with one attached hydrogen (secondary N) is 1. The molecule has 9 nitrogen and oxygen atoms in total. The van der Waals surface area contributed by atoms with Gasteiger partial charge in [-0.05, 0) is 72.7 Å². The SMILES string of the molecule is Cc1cc(C)n(-c2ccc(CCNS(=O)(=O)c3cccc(-n4cnnn4)c3)cc2)n1. The molecular formula is C20H21N7O2S. The van der Waals surface area contributed by atoms with Crippen molar-refractivity contribution in [3.8, 4) is 11.4 Å². The van der Waals surface area contributed by atoms with Gasteiger partial charge >= 0.3 is 0 Å². The number of tetrazole rings is 1. The molecular weight excluding hydrogens is 402 g/mol. The van der Waals surface area contributed by atoms with Gasteiger partial charge in [-0.3, -0.25) is 0 Å². The molecule has 2 aromatic heterocycles. The van der Waals surface area contributed by atoms with E-state index in [0.29, 0.717) is 12.1 Å². The van der Waals surface area contributed by atoms with Crippen LogP contribution in [0.15, 0.2) is 65.8 Å². The van der Waals surface area contributed by atoms with Crippen molar-refractivity contribution in [1.29, 1.82) is 0 Å². The zero-order valence-electron chi connectivity index (χ0n) is 16.6. The van der Waals surface area contributed by atoms with Crippen molar-refractivity contribution in [1.82, 2.24) is 34.7 Å². The predicted octanol–water partition coefficient (Wildman–Crippen LogP) is 1.99. The Hall–Kier alpha value is -3.37. The van der Waals surface area contributed by atoms with Crippen molar-refractivity contribution >= 4 is 10.0 Å². The second-order valence-electron chi connectivity index (χ2n) is 6.90. The van der Waals surface area contributed by atoms with E-state index in [4.69, 9.17) is 0 Å². The molecule has 0 aliphatic heterocycles. The predicted molar refractivity (Wildman–Crippen MR) is 111 cm³/mol. The van der Waals surface area contributed by atoms with E-state index in [0.717, 1.165) is 22.6 Å². The Morgan fingerprint density at radius 3 is 2.47 bits per heavy atom. The Kier molecular flexibility index (Phi) is 5.42. The zero-order chi connectivity index (χ0) is 21.1. The molecule has 10 heteroatoms. The summed E-state index contributed by atoms with van der Waals surface area (Å²) in [5.74, 6) is 0. The fourth-order valence-corrected chi connectivity index (χ4v) is 4.25. The van der Waals surface area contributed by atoms with E-state index >= 15 is 0 Å². The molecule has 0 atom stereocenters. The minimum atomic E-state index is -3.64. The lowest BCUT2D eigenvalue weighted by atomic mass is 10.1. The molecule has 0 fully saturated rings. The average Bonchev–Trinajstić information content (AvgIpc) is 3.38. The Balaban J connectivity index is 1.40. The molecule has 0 saturated heterocycles. The molecule has 0 bridgehead atoms. The van der Waals surface area contributed by atoms with Gasteiger partial charge in [0, 0.05) is 12.2 Å². The van der Waals surface area contributed by atoms with Crippen LogP contribution in [-0.2, 0) is 16.4 Å². The molecule has 0 spiro atoms. The number of aromatic nitrogens is 6. The smallest absolute Gasteiger partial charge is 0.238 e. The Labute approximate surface area is 174 Å². The third kappa shape index (κ3) is 4.29. The van der Waals surface area contributed by atoms with E-state index in [1.54, 1.807) is 18.2 Å². The van der Waals surface area contributed by atoms with Crippen LogP contribution >= 0.6 is 0 Å². The normalized spacial score (nSPS) is 11.7. The third-order valence-electron chi connectivity index (χ3n) is 4.64. The van der Waals surface area contributed by atoms with E-state index in [9.17, 15) is 8.42 Å². The van der Waals surface area contributed by atoms with Crippen LogP contribution in [0.25, 0.3) is 11.4 Å². The highest BCUT2D eigenvalue weighted by Gasteiger charge is 2.14. The van der Waals surface area contributed by atoms with Crippen molar-refractivity contribution in [3.63, 3.8) is 0 Å². The van der Waals surface area contributed by atoms with E-state index < -0.39 is 10.0 Å². The van der Waals surface area contributed by atoms with Gasteiger partial charge in [0.1, 0.15) is 6.33 Å². The van der Waals surface area contributed by atoms with Crippen LogP contribution in [0.1, 0.15) is 17.0 Å². The van der Waals surface area contributed by atoms with E-state index in [1.165, 1.54) is 17.1 Å². The van der Waals surface area contributed by atoms with E-state index in [2.05, 4.69) is 25.3 Å². The Morgan fingerprint density at radius 1 is 1.00 bits per heavy atom. The molecule has 0 aliphatic rings. The third-order valence-corrected chi connectivity index (χ3v) is 6.10. The quantitative estimate of drug-likeness (QED) is 0.487. The molecule has 0 saturated carbocycles. The minimum Gasteiger partial charge on any atom is -0.238 e. The van der Waals surface area contributed by atoms with Gasteiger partial charge in [-0.2, -0.15) is 5.10 Å². The molecule has 1 N–H and O–H groups in total. The van der Waals surface area contributed by atoms with Crippen LogP contribution in [0.5, 0.6) is 0 Å². The Morgan fingerprint density at radius 2 is 1.80 bits per heavy atom. The lowest BCUT2D eigenvalue weighted by Gasteiger charge is -2.09. The minimum absolute atomic E-state index is 0.162. The zero-order valence-corrected chi connectivity index (χ0v) is 17.4. The fourth-order valence-electron chi connectivity index (χ4n) is 3.18. The van der Waals surface area contributed by atoms with Crippen molar-refractivity contribution in [2.75, 3.05) is 6.54 Å². The second kappa shape index (κ2) is 8.17. The summed E-state index contributed by atoms with van der Waals surface area (Å²) in [6.45, 7) is 4.26. The van der Waals surface area contributed by atoms with Gasteiger partial charge in [0.25, 0.3) is 0 Å². The van der Waals surface area contributed by atoms with Crippen molar-refractivity contribution < 1.29 is 8.42 Å². The number of rotatable bonds is 7. The molecule has 2 aromatic carbocycles. The summed E-state index contributed by atoms with van der Waals surface area (Å²) in [6, 6.07) is 16.4. The highest BCUT2D eigenvalue weighted by Crippen LogP contribution is 2.15. The molecule has 4 rings (SSSR count). The van der Waals surface area contributed by atoms with Crippen LogP contribution in [0.2, 0.25) is 0 Å². The van der Waals surface area contributed by atoms with Crippen molar-refractivity contribution in [2.45, 2.75) is 25.2 Å². The fraction of sp³-hybridized carbons (Fsp3) is 0.200. The summed E-state index contributed by atoms with van der Waals surface area (Å²) in [5, 5.41) is 15.4. The maximum atomic E-state index is 12.6. The molecule has 2 heterocycles. The van der Waals surface area contributed by atoms with Crippen LogP contribution in [0.4, 0.5) is 0 Å². The van der Waals surface area contributed by atoms with Crippen LogP contribution in [0.3, 0.4) is 0 Å². The summed E-state index contributed by atoms with van der Waals surface area (Å²) >= 11 is 0. The molecule has 0 unspecified atom stereocenters. The molecule has 0 amide bonds. The first-order valence-corrected chi connectivity index (χ1v) is 10.9. The average molecular weight is 424 g/mol. The van der Waals surface area contributed by atoms with Gasteiger partial charge in [-0.25, -0.2) is 22.5 Å². The number of hydrogen-bond donors (Lipinski definition) is 1. The first-order valence-electron chi connectivity index (χ1n) is 9.38. The van der Waals surface area contributed by atoms with Crippen LogP contribution in [0, 0.1) is 13.8 Å². The summed E-state index contributed by atoms with van der Waals surface area (Å²) in [6.07, 6.45) is 1.98. The lowest BCUT2D eigenvalue weighted by Crippen LogP contribution is -2.26. The summed E-state index contributed by atoms with van der Waals surface area (Å²) < 4.78 is 31.2. The molecule has 154 valence electrons. The first kappa shape index (κ1) is 19.9. The van der Waals surface area contributed by atoms with Gasteiger partial charge in [0.05, 0.1) is 22.0 Å². The maximum absolute atomic E-state index is 12.6. The maximum Gasteiger partial charge on any atom is 0.240 e. The van der Waals surface area contributed by atoms with Crippen molar-refractivity contribution in [2.24, 2.45) is 0 Å². The summed E-state index contributed by atoms with van der Waals surface area (Å²) in [5.41, 5.74) is 4.62. The van der Waals surface area contributed by atoms with Gasteiger partial charge in [0.2, 0.25) is 10.0 Å². The number of nitrogens with zero attached hydrogens (tertiary/aromatic N) is 6. The highest BCUT2D eigenvalue weighted by atomic mass is 32.2. The van der Waals surface area contributed by atoms with Gasteiger partial charge in [-0.15, -0.1) is 5.10 Å². The summed E-state index contributed by atoms with van der Waals surface area (Å²) in [7, 11) is -3.64. The molecule has 30 heavy (non-hydrogen) atoms. The van der Waals surface area contributed by atoms with Gasteiger partial charge in [-0.1, -0.05) is 18.2 Å². The number of aryl methyl sites for hydroxylation is 2. The second-order valence-corrected chi connectivity index (χ2v) is 8.67. The van der Waals surface area contributed by atoms with E-state index in [-0.39, 0.29) is 11.4 Å². The summed E-state index contributed by atoms with van der Waals surface area (Å²) in [4.78, 5) is 0.162. The highest BCUT2D eigenvalue weighted by molar-refractivity contribution is 7.89. The van der Waals surface area contributed by atoms with Crippen LogP contribution in [-0.4, -0.2) is 45.0 Å². The monoisotopic (exact) mass is 423 g/mol. The standard InChI is InChI=1S/C20H21N7O2S/c1-15-12-16(2)27(23-15)18-8-6-17(7-9-18)10-11-22-30(28,29)20-5-3-4-19(13-20)26-14-21-24-25-26/h3-9,12-14,22H,10-11H2,1-2H3. The van der Waals surface area contributed by atoms with Crippen molar-refractivity contribution in [3.05, 3.63) is 77.9 Å². The largest absolute Gasteiger partial charge is 0.240 e. The van der Waals surface area contributed by atoms with E-state index in [1.807, 2.05) is 48.9 Å². The lowest BCUT2D eigenvalue weighted by molar-refractivity contribution is 0.581. The number of hydrogen-bond acceptors (Lipinski definition) is 6. The Bertz CT molecular complexity index is 1250. The molecule has 4 aromatic rings. The molecule has 0 radical (unpaired) electrons. The number of benzene rings is 2. The topological polar surface area (TPSA) is 108 Å². The first-order chi connectivity index (χ1) is 14.4. The van der Waals surface area contributed by atoms with Crippen LogP contribution < -0.4 is 4.72 Å². The van der Waals surface area contributed by atoms with Gasteiger partial charge in [0.15, 0.2) is 0 Å². The van der Waals surface area contributed by atoms with Gasteiger partial charge < -0.3 is 0 Å². The number of sulfonamides is 1.